The Hall–Kier alpha value is -1.55. The van der Waals surface area contributed by atoms with Crippen LogP contribution in [0.1, 0.15) is 6.92 Å². The molecule has 0 aliphatic carbocycles. The van der Waals surface area contributed by atoms with E-state index in [-0.39, 0.29) is 5.91 Å². The van der Waals surface area contributed by atoms with Crippen molar-refractivity contribution in [2.24, 2.45) is 0 Å². The van der Waals surface area contributed by atoms with Crippen molar-refractivity contribution < 1.29 is 9.53 Å². The Labute approximate surface area is 121 Å². The van der Waals surface area contributed by atoms with Gasteiger partial charge in [-0.05, 0) is 42.0 Å². The number of carbonyl (C=O) groups is 1. The number of carbonyl (C=O) groups excluding carboxylic acids is 1. The van der Waals surface area contributed by atoms with E-state index in [2.05, 4.69) is 15.9 Å². The summed E-state index contributed by atoms with van der Waals surface area (Å²) in [6.45, 7) is 1.76. The molecule has 2 aromatic rings. The van der Waals surface area contributed by atoms with E-state index in [1.807, 2.05) is 36.4 Å². The molecule has 0 N–H and O–H groups in total. The number of hydrogen-bond acceptors (Lipinski definition) is 2. The third kappa shape index (κ3) is 3.26. The van der Waals surface area contributed by atoms with Gasteiger partial charge in [-0.1, -0.05) is 28.1 Å². The highest BCUT2D eigenvalue weighted by molar-refractivity contribution is 9.10. The number of benzene rings is 2. The number of likely N-dealkylation sites (N-methyl/N-ethyl adjacent to an activating group) is 1. The van der Waals surface area contributed by atoms with Crippen molar-refractivity contribution in [3.8, 4) is 5.75 Å². The molecule has 1 atom stereocenters. The molecule has 0 radical (unpaired) electrons. The van der Waals surface area contributed by atoms with Gasteiger partial charge < -0.3 is 9.64 Å². The summed E-state index contributed by atoms with van der Waals surface area (Å²) in [5, 5.41) is 2.22. The zero-order valence-corrected chi connectivity index (χ0v) is 12.8. The number of amides is 1. The molecule has 0 aromatic heterocycles. The Balaban J connectivity index is 2.22. The molecule has 0 saturated carbocycles. The van der Waals surface area contributed by atoms with E-state index >= 15 is 0 Å². The molecule has 0 bridgehead atoms. The van der Waals surface area contributed by atoms with Crippen LogP contribution in [0.2, 0.25) is 0 Å². The van der Waals surface area contributed by atoms with Crippen molar-refractivity contribution in [1.82, 2.24) is 4.90 Å². The van der Waals surface area contributed by atoms with Crippen molar-refractivity contribution in [1.29, 1.82) is 0 Å². The quantitative estimate of drug-likeness (QED) is 0.866. The first-order valence-corrected chi connectivity index (χ1v) is 6.84. The molecule has 0 spiro atoms. The summed E-state index contributed by atoms with van der Waals surface area (Å²) in [6, 6.07) is 11.9. The Kier molecular flexibility index (Phi) is 4.10. The van der Waals surface area contributed by atoms with E-state index in [1.165, 1.54) is 4.90 Å². The molecule has 2 aromatic carbocycles. The van der Waals surface area contributed by atoms with Crippen LogP contribution < -0.4 is 4.74 Å². The highest BCUT2D eigenvalue weighted by Gasteiger charge is 2.16. The summed E-state index contributed by atoms with van der Waals surface area (Å²) in [5.41, 5.74) is 0. The van der Waals surface area contributed by atoms with Crippen LogP contribution in [0.3, 0.4) is 0 Å². The lowest BCUT2D eigenvalue weighted by atomic mass is 10.1. The van der Waals surface area contributed by atoms with E-state index in [1.54, 1.807) is 21.0 Å². The lowest BCUT2D eigenvalue weighted by molar-refractivity contribution is -0.135. The zero-order valence-electron chi connectivity index (χ0n) is 11.2. The van der Waals surface area contributed by atoms with Crippen LogP contribution in [0.25, 0.3) is 10.8 Å². The summed E-state index contributed by atoms with van der Waals surface area (Å²) < 4.78 is 6.72. The highest BCUT2D eigenvalue weighted by Crippen LogP contribution is 2.24. The molecule has 0 aliphatic heterocycles. The van der Waals surface area contributed by atoms with Crippen molar-refractivity contribution in [2.75, 3.05) is 14.1 Å². The highest BCUT2D eigenvalue weighted by atomic mass is 79.9. The first-order valence-electron chi connectivity index (χ1n) is 6.04. The Morgan fingerprint density at radius 2 is 1.79 bits per heavy atom. The van der Waals surface area contributed by atoms with Gasteiger partial charge in [-0.2, -0.15) is 0 Å². The minimum Gasteiger partial charge on any atom is -0.481 e. The molecule has 4 heteroatoms. The van der Waals surface area contributed by atoms with Gasteiger partial charge >= 0.3 is 0 Å². The van der Waals surface area contributed by atoms with Gasteiger partial charge in [-0.25, -0.2) is 0 Å². The number of hydrogen-bond donors (Lipinski definition) is 0. The van der Waals surface area contributed by atoms with Gasteiger partial charge in [0.25, 0.3) is 5.91 Å². The number of ether oxygens (including phenoxy) is 1. The molecular weight excluding hydrogens is 306 g/mol. The lowest BCUT2D eigenvalue weighted by Gasteiger charge is -2.18. The summed E-state index contributed by atoms with van der Waals surface area (Å²) in [7, 11) is 3.44. The Bertz CT molecular complexity index is 610. The van der Waals surface area contributed by atoms with E-state index in [0.29, 0.717) is 5.75 Å². The van der Waals surface area contributed by atoms with Gasteiger partial charge in [0.05, 0.1) is 0 Å². The van der Waals surface area contributed by atoms with Crippen LogP contribution in [0, 0.1) is 0 Å². The predicted molar refractivity (Wildman–Crippen MR) is 80.4 cm³/mol. The second-order valence-corrected chi connectivity index (χ2v) is 5.56. The largest absolute Gasteiger partial charge is 0.481 e. The van der Waals surface area contributed by atoms with Gasteiger partial charge in [0.15, 0.2) is 6.10 Å². The Morgan fingerprint density at radius 3 is 2.47 bits per heavy atom. The van der Waals surface area contributed by atoms with Crippen LogP contribution in [-0.2, 0) is 4.79 Å². The predicted octanol–water partition coefficient (Wildman–Crippen LogP) is 3.46. The third-order valence-electron chi connectivity index (χ3n) is 2.88. The van der Waals surface area contributed by atoms with E-state index < -0.39 is 6.10 Å². The van der Waals surface area contributed by atoms with Gasteiger partial charge in [0.1, 0.15) is 5.75 Å². The normalized spacial score (nSPS) is 12.2. The summed E-state index contributed by atoms with van der Waals surface area (Å²) in [4.78, 5) is 13.3. The maximum absolute atomic E-state index is 11.8. The van der Waals surface area contributed by atoms with Crippen LogP contribution in [-0.4, -0.2) is 31.0 Å². The number of fused-ring (bicyclic) bond motifs is 1. The van der Waals surface area contributed by atoms with Crippen LogP contribution in [0.5, 0.6) is 5.75 Å². The van der Waals surface area contributed by atoms with E-state index in [4.69, 9.17) is 4.74 Å². The van der Waals surface area contributed by atoms with Gasteiger partial charge in [-0.15, -0.1) is 0 Å². The molecule has 0 heterocycles. The summed E-state index contributed by atoms with van der Waals surface area (Å²) in [5.74, 6) is 0.661. The molecule has 19 heavy (non-hydrogen) atoms. The molecular formula is C15H16BrNO2. The molecule has 0 aliphatic rings. The molecule has 3 nitrogen and oxygen atoms in total. The van der Waals surface area contributed by atoms with Crippen molar-refractivity contribution in [2.45, 2.75) is 13.0 Å². The Morgan fingerprint density at radius 1 is 1.16 bits per heavy atom. The number of rotatable bonds is 3. The first-order chi connectivity index (χ1) is 8.97. The number of nitrogens with zero attached hydrogens (tertiary/aromatic N) is 1. The monoisotopic (exact) mass is 321 g/mol. The fraction of sp³-hybridized carbons (Fsp3) is 0.267. The minimum atomic E-state index is -0.483. The van der Waals surface area contributed by atoms with Gasteiger partial charge in [0.2, 0.25) is 0 Å². The fourth-order valence-electron chi connectivity index (χ4n) is 1.89. The third-order valence-corrected chi connectivity index (χ3v) is 3.37. The standard InChI is InChI=1S/C15H16BrNO2/c1-10(15(18)17(2)3)19-14-7-5-11-8-13(16)6-4-12(11)9-14/h4-10H,1-3H3/t10-/m1/s1. The lowest BCUT2D eigenvalue weighted by Crippen LogP contribution is -2.35. The average Bonchev–Trinajstić information content (AvgIpc) is 2.37. The SMILES string of the molecule is C[C@@H](Oc1ccc2cc(Br)ccc2c1)C(=O)N(C)C. The summed E-state index contributed by atoms with van der Waals surface area (Å²) >= 11 is 3.44. The van der Waals surface area contributed by atoms with Crippen LogP contribution >= 0.6 is 15.9 Å². The van der Waals surface area contributed by atoms with Gasteiger partial charge in [-0.3, -0.25) is 4.79 Å². The van der Waals surface area contributed by atoms with Gasteiger partial charge in [0, 0.05) is 18.6 Å². The minimum absolute atomic E-state index is 0.0455. The topological polar surface area (TPSA) is 29.5 Å². The van der Waals surface area contributed by atoms with Crippen molar-refractivity contribution >= 4 is 32.6 Å². The molecule has 0 fully saturated rings. The molecule has 2 rings (SSSR count). The molecule has 100 valence electrons. The first kappa shape index (κ1) is 13.9. The smallest absolute Gasteiger partial charge is 0.262 e. The average molecular weight is 322 g/mol. The molecule has 0 saturated heterocycles. The van der Waals surface area contributed by atoms with Crippen molar-refractivity contribution in [3.05, 3.63) is 40.9 Å². The maximum atomic E-state index is 11.8. The van der Waals surface area contributed by atoms with Crippen molar-refractivity contribution in [3.63, 3.8) is 0 Å². The fourth-order valence-corrected chi connectivity index (χ4v) is 2.26. The molecule has 1 amide bonds. The second kappa shape index (κ2) is 5.61. The molecule has 0 unspecified atom stereocenters. The zero-order chi connectivity index (χ0) is 14.0. The maximum Gasteiger partial charge on any atom is 0.262 e. The number of halogens is 1. The summed E-state index contributed by atoms with van der Waals surface area (Å²) in [6.07, 6.45) is -0.483. The second-order valence-electron chi connectivity index (χ2n) is 4.65. The van der Waals surface area contributed by atoms with E-state index in [0.717, 1.165) is 15.2 Å². The van der Waals surface area contributed by atoms with Crippen LogP contribution in [0.15, 0.2) is 40.9 Å². The van der Waals surface area contributed by atoms with E-state index in [9.17, 15) is 4.79 Å². The van der Waals surface area contributed by atoms with Crippen LogP contribution in [0.4, 0.5) is 0 Å².